The summed E-state index contributed by atoms with van der Waals surface area (Å²) in [4.78, 5) is 0. The van der Waals surface area contributed by atoms with Crippen molar-refractivity contribution >= 4 is 0 Å². The summed E-state index contributed by atoms with van der Waals surface area (Å²) in [5.74, 6) is 1.11. The maximum absolute atomic E-state index is 8.65. The Labute approximate surface area is 108 Å². The first-order valence-corrected chi connectivity index (χ1v) is 8.04. The first kappa shape index (κ1) is 15.0. The molecule has 0 aromatic carbocycles. The number of hydrogen-bond donors (Lipinski definition) is 1. The smallest absolute Gasteiger partial charge is 0.0431 e. The van der Waals surface area contributed by atoms with Crippen LogP contribution < -0.4 is 0 Å². The lowest BCUT2D eigenvalue weighted by molar-refractivity contribution is 0.282. The van der Waals surface area contributed by atoms with Crippen LogP contribution in [0.3, 0.4) is 0 Å². The SMILES string of the molecule is OCCCCCCCCCCCCC1CCC1. The average molecular weight is 240 g/mol. The van der Waals surface area contributed by atoms with E-state index >= 15 is 0 Å². The predicted molar refractivity (Wildman–Crippen MR) is 75.2 cm³/mol. The number of aliphatic hydroxyl groups is 1. The molecular formula is C16H32O. The summed E-state index contributed by atoms with van der Waals surface area (Å²) >= 11 is 0. The van der Waals surface area contributed by atoms with Crippen LogP contribution >= 0.6 is 0 Å². The molecule has 0 aromatic rings. The molecule has 1 fully saturated rings. The Bertz CT molecular complexity index is 152. The second-order valence-corrected chi connectivity index (χ2v) is 5.84. The van der Waals surface area contributed by atoms with Gasteiger partial charge in [0.15, 0.2) is 0 Å². The molecule has 1 heteroatoms. The minimum absolute atomic E-state index is 0.376. The molecule has 1 N–H and O–H groups in total. The fourth-order valence-corrected chi connectivity index (χ4v) is 2.74. The molecule has 0 radical (unpaired) electrons. The number of unbranched alkanes of at least 4 members (excludes halogenated alkanes) is 9. The van der Waals surface area contributed by atoms with E-state index in [9.17, 15) is 0 Å². The minimum Gasteiger partial charge on any atom is -0.396 e. The molecule has 17 heavy (non-hydrogen) atoms. The van der Waals surface area contributed by atoms with Gasteiger partial charge in [0, 0.05) is 6.61 Å². The van der Waals surface area contributed by atoms with Gasteiger partial charge in [-0.1, -0.05) is 83.5 Å². The summed E-state index contributed by atoms with van der Waals surface area (Å²) in [7, 11) is 0. The Morgan fingerprint density at radius 2 is 1.12 bits per heavy atom. The summed E-state index contributed by atoms with van der Waals surface area (Å²) in [5.41, 5.74) is 0. The van der Waals surface area contributed by atoms with Crippen molar-refractivity contribution in [3.63, 3.8) is 0 Å². The molecule has 1 nitrogen and oxygen atoms in total. The summed E-state index contributed by atoms with van der Waals surface area (Å²) in [6, 6.07) is 0. The number of aliphatic hydroxyl groups excluding tert-OH is 1. The van der Waals surface area contributed by atoms with Crippen LogP contribution in [0.25, 0.3) is 0 Å². The zero-order valence-corrected chi connectivity index (χ0v) is 11.6. The molecule has 0 atom stereocenters. The summed E-state index contributed by atoms with van der Waals surface area (Å²) in [6.07, 6.45) is 19.7. The minimum atomic E-state index is 0.376. The highest BCUT2D eigenvalue weighted by atomic mass is 16.2. The second kappa shape index (κ2) is 11.1. The van der Waals surface area contributed by atoms with Gasteiger partial charge in [-0.25, -0.2) is 0 Å². The third-order valence-corrected chi connectivity index (χ3v) is 4.25. The Kier molecular flexibility index (Phi) is 9.78. The molecular weight excluding hydrogens is 208 g/mol. The highest BCUT2D eigenvalue weighted by Gasteiger charge is 2.15. The maximum Gasteiger partial charge on any atom is 0.0431 e. The molecule has 0 spiro atoms. The van der Waals surface area contributed by atoms with E-state index in [1.165, 1.54) is 83.5 Å². The number of hydrogen-bond acceptors (Lipinski definition) is 1. The molecule has 0 aliphatic heterocycles. The van der Waals surface area contributed by atoms with Gasteiger partial charge in [0.2, 0.25) is 0 Å². The van der Waals surface area contributed by atoms with E-state index in [2.05, 4.69) is 0 Å². The largest absolute Gasteiger partial charge is 0.396 e. The molecule has 0 unspecified atom stereocenters. The van der Waals surface area contributed by atoms with Crippen molar-refractivity contribution in [2.24, 2.45) is 5.92 Å². The van der Waals surface area contributed by atoms with Crippen molar-refractivity contribution in [1.29, 1.82) is 0 Å². The fraction of sp³-hybridized carbons (Fsp3) is 1.00. The zero-order chi connectivity index (χ0) is 12.2. The molecule has 0 amide bonds. The quantitative estimate of drug-likeness (QED) is 0.472. The Hall–Kier alpha value is -0.0400. The monoisotopic (exact) mass is 240 g/mol. The lowest BCUT2D eigenvalue weighted by atomic mass is 9.81. The lowest BCUT2D eigenvalue weighted by Crippen LogP contribution is -2.10. The van der Waals surface area contributed by atoms with E-state index < -0.39 is 0 Å². The first-order valence-electron chi connectivity index (χ1n) is 8.04. The van der Waals surface area contributed by atoms with Gasteiger partial charge in [0.25, 0.3) is 0 Å². The summed E-state index contributed by atoms with van der Waals surface area (Å²) < 4.78 is 0. The second-order valence-electron chi connectivity index (χ2n) is 5.84. The van der Waals surface area contributed by atoms with E-state index in [4.69, 9.17) is 5.11 Å². The van der Waals surface area contributed by atoms with Crippen molar-refractivity contribution in [2.75, 3.05) is 6.61 Å². The van der Waals surface area contributed by atoms with Crippen LogP contribution in [0.4, 0.5) is 0 Å². The van der Waals surface area contributed by atoms with E-state index in [1.54, 1.807) is 0 Å². The maximum atomic E-state index is 8.65. The van der Waals surface area contributed by atoms with Crippen molar-refractivity contribution in [3.05, 3.63) is 0 Å². The van der Waals surface area contributed by atoms with Crippen molar-refractivity contribution in [2.45, 2.75) is 89.9 Å². The van der Waals surface area contributed by atoms with Crippen molar-refractivity contribution < 1.29 is 5.11 Å². The van der Waals surface area contributed by atoms with E-state index in [-0.39, 0.29) is 0 Å². The van der Waals surface area contributed by atoms with E-state index in [0.717, 1.165) is 12.3 Å². The van der Waals surface area contributed by atoms with Crippen LogP contribution in [0, 0.1) is 5.92 Å². The van der Waals surface area contributed by atoms with Gasteiger partial charge in [-0.3, -0.25) is 0 Å². The first-order chi connectivity index (χ1) is 8.43. The van der Waals surface area contributed by atoms with E-state index in [0.29, 0.717) is 6.61 Å². The normalized spacial score (nSPS) is 16.1. The van der Waals surface area contributed by atoms with Crippen LogP contribution in [-0.4, -0.2) is 11.7 Å². The lowest BCUT2D eigenvalue weighted by Gasteiger charge is -2.24. The zero-order valence-electron chi connectivity index (χ0n) is 11.6. The molecule has 0 heterocycles. The highest BCUT2D eigenvalue weighted by Crippen LogP contribution is 2.31. The van der Waals surface area contributed by atoms with E-state index in [1.807, 2.05) is 0 Å². The van der Waals surface area contributed by atoms with Crippen LogP contribution in [0.5, 0.6) is 0 Å². The predicted octanol–water partition coefficient (Wildman–Crippen LogP) is 5.07. The highest BCUT2D eigenvalue weighted by molar-refractivity contribution is 4.69. The fourth-order valence-electron chi connectivity index (χ4n) is 2.74. The van der Waals surface area contributed by atoms with Gasteiger partial charge >= 0.3 is 0 Å². The average Bonchev–Trinajstić information content (AvgIpc) is 2.28. The van der Waals surface area contributed by atoms with Crippen LogP contribution in [0.1, 0.15) is 89.9 Å². The Morgan fingerprint density at radius 1 is 0.647 bits per heavy atom. The Balaban J connectivity index is 1.64. The summed E-state index contributed by atoms with van der Waals surface area (Å²) in [6.45, 7) is 0.376. The van der Waals surface area contributed by atoms with Crippen LogP contribution in [-0.2, 0) is 0 Å². The third-order valence-electron chi connectivity index (χ3n) is 4.25. The van der Waals surface area contributed by atoms with Gasteiger partial charge in [-0.2, -0.15) is 0 Å². The van der Waals surface area contributed by atoms with Crippen LogP contribution in [0.15, 0.2) is 0 Å². The topological polar surface area (TPSA) is 20.2 Å². The number of rotatable bonds is 12. The van der Waals surface area contributed by atoms with Crippen molar-refractivity contribution in [3.8, 4) is 0 Å². The molecule has 0 aromatic heterocycles. The molecule has 0 saturated heterocycles. The third kappa shape index (κ3) is 8.65. The Morgan fingerprint density at radius 3 is 1.53 bits per heavy atom. The van der Waals surface area contributed by atoms with Gasteiger partial charge in [0.05, 0.1) is 0 Å². The molecule has 1 rings (SSSR count). The van der Waals surface area contributed by atoms with Crippen molar-refractivity contribution in [1.82, 2.24) is 0 Å². The molecule has 1 aliphatic rings. The molecule has 102 valence electrons. The van der Waals surface area contributed by atoms with Gasteiger partial charge in [-0.05, 0) is 12.3 Å². The van der Waals surface area contributed by atoms with Crippen LogP contribution in [0.2, 0.25) is 0 Å². The molecule has 1 saturated carbocycles. The summed E-state index contributed by atoms with van der Waals surface area (Å²) in [5, 5.41) is 8.65. The standard InChI is InChI=1S/C16H32O/c17-15-10-8-6-4-2-1-3-5-7-9-12-16-13-11-14-16/h16-17H,1-15H2. The van der Waals surface area contributed by atoms with Gasteiger partial charge < -0.3 is 5.11 Å². The molecule has 0 bridgehead atoms. The molecule has 1 aliphatic carbocycles. The van der Waals surface area contributed by atoms with Gasteiger partial charge in [0.1, 0.15) is 0 Å². The van der Waals surface area contributed by atoms with Gasteiger partial charge in [-0.15, -0.1) is 0 Å².